The van der Waals surface area contributed by atoms with Crippen molar-refractivity contribution in [3.8, 4) is 5.75 Å². The Morgan fingerprint density at radius 2 is 2.10 bits per heavy atom. The molecule has 0 aromatic heterocycles. The molecule has 1 amide bonds. The molecule has 4 nitrogen and oxygen atoms in total. The van der Waals surface area contributed by atoms with Crippen LogP contribution in [0.5, 0.6) is 5.75 Å². The summed E-state index contributed by atoms with van der Waals surface area (Å²) in [5.74, 6) is 0.771. The Kier molecular flexibility index (Phi) is 8.07. The summed E-state index contributed by atoms with van der Waals surface area (Å²) < 4.78 is 11.4. The third-order valence-corrected chi connectivity index (χ3v) is 4.57. The predicted molar refractivity (Wildman–Crippen MR) is 88.2 cm³/mol. The molecule has 0 heterocycles. The molecule has 118 valence electrons. The van der Waals surface area contributed by atoms with Crippen molar-refractivity contribution in [2.24, 2.45) is 0 Å². The first-order valence-electron chi connectivity index (χ1n) is 6.81. The van der Waals surface area contributed by atoms with Crippen molar-refractivity contribution in [1.82, 2.24) is 5.32 Å². The highest BCUT2D eigenvalue weighted by Gasteiger charge is 2.11. The number of benzene rings is 1. The highest BCUT2D eigenvalue weighted by molar-refractivity contribution is 9.10. The Balaban J connectivity index is 2.38. The second kappa shape index (κ2) is 9.28. The lowest BCUT2D eigenvalue weighted by Crippen LogP contribution is -2.26. The largest absolute Gasteiger partial charge is 0.492 e. The summed E-state index contributed by atoms with van der Waals surface area (Å²) in [5.41, 5.74) is 1.94. The minimum Gasteiger partial charge on any atom is -0.492 e. The second-order valence-electron chi connectivity index (χ2n) is 4.74. The highest BCUT2D eigenvalue weighted by Crippen LogP contribution is 2.35. The van der Waals surface area contributed by atoms with Gasteiger partial charge in [0.05, 0.1) is 17.7 Å². The lowest BCUT2D eigenvalue weighted by Gasteiger charge is -2.13. The van der Waals surface area contributed by atoms with Crippen LogP contribution in [0.1, 0.15) is 24.0 Å². The molecule has 0 saturated carbocycles. The maximum atomic E-state index is 11.5. The molecule has 6 heteroatoms. The molecule has 0 spiro atoms. The molecule has 0 fully saturated rings. The van der Waals surface area contributed by atoms with E-state index in [1.165, 1.54) is 0 Å². The van der Waals surface area contributed by atoms with Gasteiger partial charge in [0.2, 0.25) is 5.91 Å². The van der Waals surface area contributed by atoms with Crippen LogP contribution in [0.4, 0.5) is 0 Å². The first-order valence-corrected chi connectivity index (χ1v) is 7.98. The summed E-state index contributed by atoms with van der Waals surface area (Å²) in [6.45, 7) is 5.43. The molecule has 0 saturated heterocycles. The Hall–Kier alpha value is -0.780. The van der Waals surface area contributed by atoms with Gasteiger partial charge in [-0.05, 0) is 53.4 Å². The van der Waals surface area contributed by atoms with E-state index < -0.39 is 0 Å². The van der Waals surface area contributed by atoms with Gasteiger partial charge in [0, 0.05) is 25.1 Å². The van der Waals surface area contributed by atoms with Gasteiger partial charge < -0.3 is 14.8 Å². The van der Waals surface area contributed by atoms with Crippen molar-refractivity contribution in [2.75, 3.05) is 26.9 Å². The predicted octanol–water partition coefficient (Wildman–Crippen LogP) is 3.64. The van der Waals surface area contributed by atoms with Gasteiger partial charge in [0.15, 0.2) is 0 Å². The average molecular weight is 379 g/mol. The standard InChI is InChI=1S/C15H21BrClNO3/c1-10-9-12(14(16)11(2)15(10)17)21-7-4-5-13(19)18-6-8-20-3/h9H,4-8H2,1-3H3,(H,18,19). The summed E-state index contributed by atoms with van der Waals surface area (Å²) in [5, 5.41) is 3.52. The minimum absolute atomic E-state index is 0.0122. The number of ether oxygens (including phenoxy) is 2. The maximum absolute atomic E-state index is 11.5. The Morgan fingerprint density at radius 3 is 2.76 bits per heavy atom. The average Bonchev–Trinajstić information content (AvgIpc) is 2.46. The smallest absolute Gasteiger partial charge is 0.220 e. The van der Waals surface area contributed by atoms with Crippen LogP contribution in [0.2, 0.25) is 5.02 Å². The lowest BCUT2D eigenvalue weighted by atomic mass is 10.1. The molecule has 0 unspecified atom stereocenters. The van der Waals surface area contributed by atoms with E-state index in [0.29, 0.717) is 32.6 Å². The molecular weight excluding hydrogens is 358 g/mol. The summed E-state index contributed by atoms with van der Waals surface area (Å²) in [6.07, 6.45) is 1.10. The quantitative estimate of drug-likeness (QED) is 0.703. The molecule has 21 heavy (non-hydrogen) atoms. The van der Waals surface area contributed by atoms with Gasteiger partial charge in [-0.2, -0.15) is 0 Å². The number of nitrogens with one attached hydrogen (secondary N) is 1. The normalized spacial score (nSPS) is 10.5. The van der Waals surface area contributed by atoms with Crippen molar-refractivity contribution in [3.05, 3.63) is 26.7 Å². The zero-order valence-corrected chi connectivity index (χ0v) is 14.9. The van der Waals surface area contributed by atoms with E-state index in [1.54, 1.807) is 7.11 Å². The third-order valence-electron chi connectivity index (χ3n) is 3.00. The van der Waals surface area contributed by atoms with Crippen LogP contribution in [0, 0.1) is 13.8 Å². The second-order valence-corrected chi connectivity index (χ2v) is 5.91. The van der Waals surface area contributed by atoms with Gasteiger partial charge in [-0.15, -0.1) is 0 Å². The molecule has 0 aliphatic rings. The van der Waals surface area contributed by atoms with Crippen LogP contribution < -0.4 is 10.1 Å². The number of amides is 1. The van der Waals surface area contributed by atoms with E-state index in [-0.39, 0.29) is 5.91 Å². The van der Waals surface area contributed by atoms with Gasteiger partial charge in [-0.25, -0.2) is 0 Å². The molecule has 1 aromatic rings. The van der Waals surface area contributed by atoms with E-state index in [4.69, 9.17) is 21.1 Å². The summed E-state index contributed by atoms with van der Waals surface area (Å²) in [7, 11) is 1.61. The molecule has 1 aromatic carbocycles. The van der Waals surface area contributed by atoms with E-state index in [2.05, 4.69) is 21.2 Å². The molecular formula is C15H21BrClNO3. The van der Waals surface area contributed by atoms with Crippen LogP contribution in [0.25, 0.3) is 0 Å². The van der Waals surface area contributed by atoms with E-state index in [1.807, 2.05) is 19.9 Å². The van der Waals surface area contributed by atoms with E-state index >= 15 is 0 Å². The third kappa shape index (κ3) is 5.85. The minimum atomic E-state index is 0.0122. The Bertz CT molecular complexity index is 494. The number of rotatable bonds is 8. The number of hydrogen-bond donors (Lipinski definition) is 1. The van der Waals surface area contributed by atoms with E-state index in [0.717, 1.165) is 26.4 Å². The van der Waals surface area contributed by atoms with Crippen LogP contribution in [0.3, 0.4) is 0 Å². The van der Waals surface area contributed by atoms with Crippen LogP contribution >= 0.6 is 27.5 Å². The molecule has 0 aliphatic carbocycles. The number of carbonyl (C=O) groups excluding carboxylic acids is 1. The van der Waals surface area contributed by atoms with Crippen molar-refractivity contribution < 1.29 is 14.3 Å². The van der Waals surface area contributed by atoms with Crippen molar-refractivity contribution >= 4 is 33.4 Å². The molecule has 0 aliphatic heterocycles. The first kappa shape index (κ1) is 18.3. The number of methoxy groups -OCH3 is 1. The van der Waals surface area contributed by atoms with Gasteiger partial charge in [0.1, 0.15) is 5.75 Å². The molecule has 0 atom stereocenters. The van der Waals surface area contributed by atoms with Gasteiger partial charge in [-0.1, -0.05) is 11.6 Å². The van der Waals surface area contributed by atoms with Crippen LogP contribution in [-0.4, -0.2) is 32.8 Å². The SMILES string of the molecule is COCCNC(=O)CCCOc1cc(C)c(Cl)c(C)c1Br. The Labute approximate surface area is 139 Å². The number of halogens is 2. The first-order chi connectivity index (χ1) is 9.97. The van der Waals surface area contributed by atoms with Gasteiger partial charge in [0.25, 0.3) is 0 Å². The van der Waals surface area contributed by atoms with Crippen molar-refractivity contribution in [1.29, 1.82) is 0 Å². The molecule has 1 N–H and O–H groups in total. The molecule has 0 radical (unpaired) electrons. The van der Waals surface area contributed by atoms with Crippen LogP contribution in [-0.2, 0) is 9.53 Å². The van der Waals surface area contributed by atoms with Gasteiger partial charge >= 0.3 is 0 Å². The van der Waals surface area contributed by atoms with Gasteiger partial charge in [-0.3, -0.25) is 4.79 Å². The molecule has 0 bridgehead atoms. The summed E-state index contributed by atoms with van der Waals surface area (Å²) in [4.78, 5) is 11.5. The topological polar surface area (TPSA) is 47.6 Å². The van der Waals surface area contributed by atoms with E-state index in [9.17, 15) is 4.79 Å². The number of hydrogen-bond acceptors (Lipinski definition) is 3. The fourth-order valence-electron chi connectivity index (χ4n) is 1.80. The number of carbonyl (C=O) groups is 1. The zero-order chi connectivity index (χ0) is 15.8. The van der Waals surface area contributed by atoms with Crippen molar-refractivity contribution in [3.63, 3.8) is 0 Å². The molecule has 1 rings (SSSR count). The monoisotopic (exact) mass is 377 g/mol. The summed E-state index contributed by atoms with van der Waals surface area (Å²) in [6, 6.07) is 1.90. The summed E-state index contributed by atoms with van der Waals surface area (Å²) >= 11 is 9.66. The fourth-order valence-corrected chi connectivity index (χ4v) is 2.49. The maximum Gasteiger partial charge on any atom is 0.220 e. The highest BCUT2D eigenvalue weighted by atomic mass is 79.9. The number of aryl methyl sites for hydroxylation is 1. The van der Waals surface area contributed by atoms with Crippen molar-refractivity contribution in [2.45, 2.75) is 26.7 Å². The van der Waals surface area contributed by atoms with Crippen LogP contribution in [0.15, 0.2) is 10.5 Å². The fraction of sp³-hybridized carbons (Fsp3) is 0.533. The lowest BCUT2D eigenvalue weighted by molar-refractivity contribution is -0.121. The Morgan fingerprint density at radius 1 is 1.38 bits per heavy atom. The zero-order valence-electron chi connectivity index (χ0n) is 12.6.